The Morgan fingerprint density at radius 2 is 1.75 bits per heavy atom. The van der Waals surface area contributed by atoms with Crippen molar-refractivity contribution in [3.8, 4) is 0 Å². The quantitative estimate of drug-likeness (QED) is 0.608. The van der Waals surface area contributed by atoms with Gasteiger partial charge < -0.3 is 5.11 Å². The van der Waals surface area contributed by atoms with Crippen LogP contribution in [0.2, 0.25) is 0 Å². The summed E-state index contributed by atoms with van der Waals surface area (Å²) >= 11 is 0. The van der Waals surface area contributed by atoms with Gasteiger partial charge in [0.2, 0.25) is 0 Å². The average Bonchev–Trinajstić information content (AvgIpc) is 2.10. The second kappa shape index (κ2) is 6.17. The number of carbonyl (C=O) groups is 1. The number of carboxylic acid groups (broad SMARTS) is 1. The summed E-state index contributed by atoms with van der Waals surface area (Å²) in [5, 5.41) is 8.92. The van der Waals surface area contributed by atoms with Gasteiger partial charge in [-0.1, -0.05) is 20.3 Å². The van der Waals surface area contributed by atoms with Gasteiger partial charge in [-0.15, -0.1) is 0 Å². The first-order chi connectivity index (χ1) is 7.19. The Bertz CT molecular complexity index is 326. The molecule has 0 aliphatic carbocycles. The minimum atomic E-state index is -3.76. The van der Waals surface area contributed by atoms with E-state index in [1.165, 1.54) is 0 Å². The molecule has 0 aromatic rings. The molecule has 0 aliphatic heterocycles. The van der Waals surface area contributed by atoms with Crippen molar-refractivity contribution in [1.82, 2.24) is 9.44 Å². The summed E-state index contributed by atoms with van der Waals surface area (Å²) in [5.41, 5.74) is 0. The molecule has 0 aromatic heterocycles. The van der Waals surface area contributed by atoms with Crippen LogP contribution in [-0.4, -0.2) is 31.6 Å². The van der Waals surface area contributed by atoms with Crippen molar-refractivity contribution >= 4 is 16.2 Å². The van der Waals surface area contributed by atoms with Crippen molar-refractivity contribution in [1.29, 1.82) is 0 Å². The van der Waals surface area contributed by atoms with Crippen molar-refractivity contribution in [2.75, 3.05) is 0 Å². The molecule has 0 fully saturated rings. The Hall–Kier alpha value is -0.660. The van der Waals surface area contributed by atoms with E-state index in [4.69, 9.17) is 5.11 Å². The number of hydrogen-bond donors (Lipinski definition) is 3. The fourth-order valence-corrected chi connectivity index (χ4v) is 2.51. The zero-order chi connectivity index (χ0) is 12.9. The predicted octanol–water partition coefficient (Wildman–Crippen LogP) is 0.318. The van der Waals surface area contributed by atoms with Crippen LogP contribution in [0.5, 0.6) is 0 Å². The minimum Gasteiger partial charge on any atom is -0.480 e. The number of rotatable bonds is 7. The van der Waals surface area contributed by atoms with E-state index >= 15 is 0 Å². The Balaban J connectivity index is 4.70. The molecule has 0 saturated heterocycles. The molecule has 0 heterocycles. The summed E-state index contributed by atoms with van der Waals surface area (Å²) in [6.07, 6.45) is 0.584. The normalized spacial score (nSPS) is 16.1. The van der Waals surface area contributed by atoms with Crippen LogP contribution in [0.15, 0.2) is 0 Å². The lowest BCUT2D eigenvalue weighted by Crippen LogP contribution is -2.50. The highest BCUT2D eigenvalue weighted by atomic mass is 32.2. The van der Waals surface area contributed by atoms with E-state index in [2.05, 4.69) is 9.44 Å². The van der Waals surface area contributed by atoms with E-state index in [0.29, 0.717) is 6.42 Å². The summed E-state index contributed by atoms with van der Waals surface area (Å²) < 4.78 is 27.4. The van der Waals surface area contributed by atoms with Crippen LogP contribution < -0.4 is 9.44 Å². The van der Waals surface area contributed by atoms with Gasteiger partial charge in [-0.25, -0.2) is 0 Å². The van der Waals surface area contributed by atoms with Crippen LogP contribution in [0.1, 0.15) is 34.1 Å². The molecule has 0 rings (SSSR count). The van der Waals surface area contributed by atoms with Gasteiger partial charge >= 0.3 is 5.97 Å². The van der Waals surface area contributed by atoms with Crippen LogP contribution in [0.4, 0.5) is 0 Å². The highest BCUT2D eigenvalue weighted by Gasteiger charge is 2.28. The Labute approximate surface area is 96.6 Å². The van der Waals surface area contributed by atoms with E-state index in [0.717, 1.165) is 0 Å². The van der Waals surface area contributed by atoms with Crippen molar-refractivity contribution < 1.29 is 18.3 Å². The summed E-state index contributed by atoms with van der Waals surface area (Å²) in [7, 11) is -3.76. The van der Waals surface area contributed by atoms with Gasteiger partial charge in [0, 0.05) is 6.04 Å². The molecule has 0 bridgehead atoms. The number of hydrogen-bond acceptors (Lipinski definition) is 3. The van der Waals surface area contributed by atoms with Gasteiger partial charge in [-0.3, -0.25) is 4.79 Å². The van der Waals surface area contributed by atoms with Gasteiger partial charge in [0.05, 0.1) is 0 Å². The molecule has 0 spiro atoms. The standard InChI is InChI=1S/C9H20N2O4S/c1-5-7(4)8(9(12)13)11-16(14,15)10-6(2)3/h6-8,10-11H,5H2,1-4H3,(H,12,13). The third kappa shape index (κ3) is 5.43. The SMILES string of the molecule is CCC(C)C(NS(=O)(=O)NC(C)C)C(=O)O. The molecule has 0 radical (unpaired) electrons. The summed E-state index contributed by atoms with van der Waals surface area (Å²) in [4.78, 5) is 10.9. The third-order valence-electron chi connectivity index (χ3n) is 2.15. The molecule has 0 aromatic carbocycles. The van der Waals surface area contributed by atoms with Crippen molar-refractivity contribution in [2.45, 2.75) is 46.2 Å². The fourth-order valence-electron chi connectivity index (χ4n) is 1.16. The van der Waals surface area contributed by atoms with Crippen LogP contribution >= 0.6 is 0 Å². The van der Waals surface area contributed by atoms with Crippen molar-refractivity contribution in [3.63, 3.8) is 0 Å². The number of aliphatic carboxylic acids is 1. The zero-order valence-corrected chi connectivity index (χ0v) is 10.8. The van der Waals surface area contributed by atoms with E-state index in [1.54, 1.807) is 20.8 Å². The maximum absolute atomic E-state index is 11.5. The van der Waals surface area contributed by atoms with Gasteiger partial charge in [-0.2, -0.15) is 17.9 Å². The molecular formula is C9H20N2O4S. The summed E-state index contributed by atoms with van der Waals surface area (Å²) in [6, 6.07) is -1.37. The average molecular weight is 252 g/mol. The van der Waals surface area contributed by atoms with Gasteiger partial charge in [0.15, 0.2) is 0 Å². The minimum absolute atomic E-state index is 0.263. The highest BCUT2D eigenvalue weighted by Crippen LogP contribution is 2.08. The second-order valence-corrected chi connectivity index (χ2v) is 5.57. The van der Waals surface area contributed by atoms with E-state index < -0.39 is 22.2 Å². The molecule has 16 heavy (non-hydrogen) atoms. The number of nitrogens with one attached hydrogen (secondary N) is 2. The van der Waals surface area contributed by atoms with Gasteiger partial charge in [-0.05, 0) is 19.8 Å². The maximum atomic E-state index is 11.5. The molecule has 0 aliphatic rings. The molecule has 6 nitrogen and oxygen atoms in total. The Morgan fingerprint density at radius 3 is 2.06 bits per heavy atom. The van der Waals surface area contributed by atoms with Gasteiger partial charge in [0.25, 0.3) is 10.2 Å². The number of carboxylic acids is 1. The van der Waals surface area contributed by atoms with Crippen molar-refractivity contribution in [2.24, 2.45) is 5.92 Å². The molecule has 2 atom stereocenters. The lowest BCUT2D eigenvalue weighted by molar-refractivity contribution is -0.140. The van der Waals surface area contributed by atoms with Crippen LogP contribution in [0.3, 0.4) is 0 Å². The Kier molecular flexibility index (Phi) is 5.91. The molecule has 0 amide bonds. The first-order valence-corrected chi connectivity index (χ1v) is 6.70. The zero-order valence-electron chi connectivity index (χ0n) is 10.0. The predicted molar refractivity (Wildman–Crippen MR) is 61.2 cm³/mol. The van der Waals surface area contributed by atoms with E-state index in [1.807, 2.05) is 6.92 Å². The smallest absolute Gasteiger partial charge is 0.322 e. The van der Waals surface area contributed by atoms with Crippen LogP contribution in [0.25, 0.3) is 0 Å². The molecule has 0 saturated carbocycles. The second-order valence-electron chi connectivity index (χ2n) is 4.10. The molecular weight excluding hydrogens is 232 g/mol. The molecule has 3 N–H and O–H groups in total. The largest absolute Gasteiger partial charge is 0.480 e. The van der Waals surface area contributed by atoms with Gasteiger partial charge in [0.1, 0.15) is 6.04 Å². The Morgan fingerprint density at radius 1 is 1.25 bits per heavy atom. The topological polar surface area (TPSA) is 95.5 Å². The monoisotopic (exact) mass is 252 g/mol. The van der Waals surface area contributed by atoms with E-state index in [9.17, 15) is 13.2 Å². The first-order valence-electron chi connectivity index (χ1n) is 5.22. The summed E-state index contributed by atoms with van der Waals surface area (Å²) in [5.74, 6) is -1.43. The van der Waals surface area contributed by atoms with Crippen LogP contribution in [0, 0.1) is 5.92 Å². The molecule has 2 unspecified atom stereocenters. The highest BCUT2D eigenvalue weighted by molar-refractivity contribution is 7.87. The molecule has 96 valence electrons. The maximum Gasteiger partial charge on any atom is 0.322 e. The van der Waals surface area contributed by atoms with E-state index in [-0.39, 0.29) is 12.0 Å². The first kappa shape index (κ1) is 15.3. The van der Waals surface area contributed by atoms with Crippen molar-refractivity contribution in [3.05, 3.63) is 0 Å². The third-order valence-corrected chi connectivity index (χ3v) is 3.50. The fraction of sp³-hybridized carbons (Fsp3) is 0.889. The summed E-state index contributed by atoms with van der Waals surface area (Å²) in [6.45, 7) is 6.83. The lowest BCUT2D eigenvalue weighted by atomic mass is 10.0. The van der Waals surface area contributed by atoms with Crippen LogP contribution in [-0.2, 0) is 15.0 Å². The molecule has 7 heteroatoms. The lowest BCUT2D eigenvalue weighted by Gasteiger charge is -2.21.